The summed E-state index contributed by atoms with van der Waals surface area (Å²) in [6.45, 7) is 7.36. The molecule has 2 saturated carbocycles. The van der Waals surface area contributed by atoms with Crippen LogP contribution in [0.4, 0.5) is 0 Å². The second kappa shape index (κ2) is 11.1. The Bertz CT molecular complexity index is 434. The Morgan fingerprint density at radius 1 is 1.04 bits per heavy atom. The molecular weight excluding hydrogens is 405 g/mol. The minimum Gasteiger partial charge on any atom is -0.179 e. The largest absolute Gasteiger partial charge is 0.179 e. The van der Waals surface area contributed by atoms with Crippen LogP contribution in [0.15, 0.2) is 0 Å². The summed E-state index contributed by atoms with van der Waals surface area (Å²) in [4.78, 5) is 0. The molecule has 4 heteroatoms. The molecule has 160 valence electrons. The molecule has 0 aromatic rings. The van der Waals surface area contributed by atoms with E-state index >= 15 is 0 Å². The summed E-state index contributed by atoms with van der Waals surface area (Å²) in [5.74, 6) is 8.15. The molecule has 0 aliphatic heterocycles. The molecule has 0 heterocycles. The van der Waals surface area contributed by atoms with Gasteiger partial charge in [-0.05, 0) is 115 Å². The first kappa shape index (κ1) is 24.7. The van der Waals surface area contributed by atoms with Crippen LogP contribution >= 0.6 is 50.5 Å². The second-order valence-electron chi connectivity index (χ2n) is 9.94. The zero-order chi connectivity index (χ0) is 20.1. The highest BCUT2D eigenvalue weighted by atomic mass is 32.1. The molecular formula is C23H44S4. The lowest BCUT2D eigenvalue weighted by molar-refractivity contribution is 0.0109. The average Bonchev–Trinajstić information content (AvgIpc) is 3.40. The van der Waals surface area contributed by atoms with Gasteiger partial charge in [0.15, 0.2) is 0 Å². The fraction of sp³-hybridized carbons (Fsp3) is 1.00. The van der Waals surface area contributed by atoms with Crippen molar-refractivity contribution in [1.29, 1.82) is 0 Å². The fourth-order valence-corrected chi connectivity index (χ4v) is 7.94. The van der Waals surface area contributed by atoms with Crippen molar-refractivity contribution in [1.82, 2.24) is 0 Å². The van der Waals surface area contributed by atoms with Gasteiger partial charge in [0.2, 0.25) is 0 Å². The van der Waals surface area contributed by atoms with Crippen LogP contribution in [0, 0.1) is 40.4 Å². The SMILES string of the molecule is CCCC(CS)C(CCC(C)[C@](C)(CS)C1CCC1CS)C1(CCS)CC1. The Kier molecular flexibility index (Phi) is 10.2. The van der Waals surface area contributed by atoms with E-state index in [1.165, 1.54) is 57.8 Å². The zero-order valence-electron chi connectivity index (χ0n) is 17.9. The first-order chi connectivity index (χ1) is 12.9. The smallest absolute Gasteiger partial charge is 0.00385 e. The van der Waals surface area contributed by atoms with E-state index in [-0.39, 0.29) is 0 Å². The number of thiol groups is 4. The Labute approximate surface area is 191 Å². The van der Waals surface area contributed by atoms with Crippen LogP contribution in [-0.2, 0) is 0 Å². The molecule has 27 heavy (non-hydrogen) atoms. The zero-order valence-corrected chi connectivity index (χ0v) is 21.4. The van der Waals surface area contributed by atoms with E-state index in [0.717, 1.165) is 52.6 Å². The van der Waals surface area contributed by atoms with E-state index < -0.39 is 0 Å². The summed E-state index contributed by atoms with van der Waals surface area (Å²) in [5.41, 5.74) is 0.951. The topological polar surface area (TPSA) is 0 Å². The normalized spacial score (nSPS) is 29.4. The van der Waals surface area contributed by atoms with Crippen LogP contribution in [-0.4, -0.2) is 23.0 Å². The first-order valence-corrected chi connectivity index (χ1v) is 13.9. The minimum atomic E-state index is 0.362. The third-order valence-corrected chi connectivity index (χ3v) is 10.5. The van der Waals surface area contributed by atoms with Crippen LogP contribution in [0.5, 0.6) is 0 Å². The molecule has 2 rings (SSSR count). The van der Waals surface area contributed by atoms with Gasteiger partial charge in [-0.2, -0.15) is 50.5 Å². The summed E-state index contributed by atoms with van der Waals surface area (Å²) < 4.78 is 0. The van der Waals surface area contributed by atoms with Gasteiger partial charge in [0.25, 0.3) is 0 Å². The van der Waals surface area contributed by atoms with Gasteiger partial charge < -0.3 is 0 Å². The predicted octanol–water partition coefficient (Wildman–Crippen LogP) is 7.36. The van der Waals surface area contributed by atoms with Crippen molar-refractivity contribution >= 4 is 50.5 Å². The van der Waals surface area contributed by atoms with Gasteiger partial charge >= 0.3 is 0 Å². The van der Waals surface area contributed by atoms with E-state index in [2.05, 4.69) is 46.0 Å². The summed E-state index contributed by atoms with van der Waals surface area (Å²) in [7, 11) is 0. The molecule has 0 N–H and O–H groups in total. The molecule has 0 bridgehead atoms. The van der Waals surface area contributed by atoms with Gasteiger partial charge in [-0.3, -0.25) is 0 Å². The van der Waals surface area contributed by atoms with E-state index in [1.54, 1.807) is 0 Å². The number of rotatable bonds is 14. The molecule has 0 aromatic carbocycles. The van der Waals surface area contributed by atoms with Crippen molar-refractivity contribution in [2.45, 2.75) is 78.6 Å². The van der Waals surface area contributed by atoms with Crippen LogP contribution in [0.1, 0.15) is 78.6 Å². The summed E-state index contributed by atoms with van der Waals surface area (Å²) in [6.07, 6.45) is 12.3. The Balaban J connectivity index is 2.06. The Morgan fingerprint density at radius 2 is 1.74 bits per heavy atom. The number of hydrogen-bond acceptors (Lipinski definition) is 4. The van der Waals surface area contributed by atoms with Gasteiger partial charge in [0, 0.05) is 0 Å². The molecule has 2 aliphatic carbocycles. The number of hydrogen-bond donors (Lipinski definition) is 4. The summed E-state index contributed by atoms with van der Waals surface area (Å²) >= 11 is 18.8. The first-order valence-electron chi connectivity index (χ1n) is 11.4. The lowest BCUT2D eigenvalue weighted by Crippen LogP contribution is -2.46. The standard InChI is InChI=1S/C23H44S4/c1-4-5-18(14-25)21(23(10-11-23)12-13-24)8-6-17(2)22(3,16-27)20-9-7-19(20)15-26/h17-21,24-27H,4-16H2,1-3H3/t17?,18?,19?,20?,21?,22-/m0/s1. The third-order valence-electron chi connectivity index (χ3n) is 8.63. The molecule has 0 amide bonds. The molecule has 2 aliphatic rings. The van der Waals surface area contributed by atoms with Crippen LogP contribution in [0.25, 0.3) is 0 Å². The lowest BCUT2D eigenvalue weighted by Gasteiger charge is -2.51. The maximum Gasteiger partial charge on any atom is -0.00385 e. The highest BCUT2D eigenvalue weighted by Crippen LogP contribution is 2.60. The van der Waals surface area contributed by atoms with Crippen molar-refractivity contribution in [3.8, 4) is 0 Å². The maximum absolute atomic E-state index is 4.84. The van der Waals surface area contributed by atoms with Crippen molar-refractivity contribution in [2.24, 2.45) is 40.4 Å². The van der Waals surface area contributed by atoms with Crippen LogP contribution in [0.2, 0.25) is 0 Å². The Morgan fingerprint density at radius 3 is 2.15 bits per heavy atom. The lowest BCUT2D eigenvalue weighted by atomic mass is 9.56. The van der Waals surface area contributed by atoms with Crippen molar-refractivity contribution in [3.05, 3.63) is 0 Å². The summed E-state index contributed by atoms with van der Waals surface area (Å²) in [5, 5.41) is 0. The maximum atomic E-state index is 4.84. The molecule has 0 spiro atoms. The van der Waals surface area contributed by atoms with E-state index in [1.807, 2.05) is 0 Å². The van der Waals surface area contributed by atoms with Crippen molar-refractivity contribution in [3.63, 3.8) is 0 Å². The second-order valence-corrected chi connectivity index (χ2v) is 11.4. The van der Waals surface area contributed by atoms with E-state index in [0.29, 0.717) is 10.8 Å². The molecule has 0 radical (unpaired) electrons. The molecule has 0 nitrogen and oxygen atoms in total. The van der Waals surface area contributed by atoms with Crippen LogP contribution < -0.4 is 0 Å². The average molecular weight is 449 g/mol. The van der Waals surface area contributed by atoms with Gasteiger partial charge in [-0.15, -0.1) is 0 Å². The Hall–Kier alpha value is 1.40. The predicted molar refractivity (Wildman–Crippen MR) is 136 cm³/mol. The molecule has 0 saturated heterocycles. The van der Waals surface area contributed by atoms with Crippen molar-refractivity contribution < 1.29 is 0 Å². The van der Waals surface area contributed by atoms with Crippen molar-refractivity contribution in [2.75, 3.05) is 23.0 Å². The molecule has 0 aromatic heterocycles. The van der Waals surface area contributed by atoms with E-state index in [9.17, 15) is 0 Å². The van der Waals surface area contributed by atoms with Gasteiger partial charge in [0.1, 0.15) is 0 Å². The summed E-state index contributed by atoms with van der Waals surface area (Å²) in [6, 6.07) is 0. The quantitative estimate of drug-likeness (QED) is 0.196. The highest BCUT2D eigenvalue weighted by molar-refractivity contribution is 7.80. The monoisotopic (exact) mass is 448 g/mol. The van der Waals surface area contributed by atoms with E-state index in [4.69, 9.17) is 25.3 Å². The van der Waals surface area contributed by atoms with Crippen LogP contribution in [0.3, 0.4) is 0 Å². The molecule has 5 unspecified atom stereocenters. The van der Waals surface area contributed by atoms with Gasteiger partial charge in [-0.1, -0.05) is 27.2 Å². The molecule has 6 atom stereocenters. The highest BCUT2D eigenvalue weighted by Gasteiger charge is 2.51. The van der Waals surface area contributed by atoms with Gasteiger partial charge in [-0.25, -0.2) is 0 Å². The minimum absolute atomic E-state index is 0.362. The molecule has 2 fully saturated rings. The third kappa shape index (κ3) is 5.56. The fourth-order valence-electron chi connectivity index (χ4n) is 6.08. The van der Waals surface area contributed by atoms with Gasteiger partial charge in [0.05, 0.1) is 0 Å².